The van der Waals surface area contributed by atoms with Gasteiger partial charge in [0.1, 0.15) is 0 Å². The SMILES string of the molecule is CCCOc1ccc(CNC(=O)Nc2ccc(C(=O)NC)nn2)cn1. The molecule has 0 aliphatic carbocycles. The Labute approximate surface area is 145 Å². The molecule has 0 saturated heterocycles. The summed E-state index contributed by atoms with van der Waals surface area (Å²) in [5, 5.41) is 15.2. The van der Waals surface area contributed by atoms with Crippen molar-refractivity contribution in [2.75, 3.05) is 19.0 Å². The lowest BCUT2D eigenvalue weighted by atomic mass is 10.3. The molecular formula is C16H20N6O3. The van der Waals surface area contributed by atoms with Gasteiger partial charge < -0.3 is 15.4 Å². The van der Waals surface area contributed by atoms with E-state index in [-0.39, 0.29) is 17.4 Å². The highest BCUT2D eigenvalue weighted by Gasteiger charge is 2.07. The molecule has 25 heavy (non-hydrogen) atoms. The quantitative estimate of drug-likeness (QED) is 0.697. The molecule has 3 amide bonds. The number of carbonyl (C=O) groups is 2. The Kier molecular flexibility index (Phi) is 6.64. The summed E-state index contributed by atoms with van der Waals surface area (Å²) in [4.78, 5) is 27.4. The Morgan fingerprint density at radius 2 is 2.00 bits per heavy atom. The molecule has 0 fully saturated rings. The predicted octanol–water partition coefficient (Wildman–Crippen LogP) is 1.34. The zero-order valence-electron chi connectivity index (χ0n) is 14.1. The Hall–Kier alpha value is -3.23. The number of ether oxygens (including phenoxy) is 1. The van der Waals surface area contributed by atoms with Crippen LogP contribution in [0.3, 0.4) is 0 Å². The van der Waals surface area contributed by atoms with Gasteiger partial charge in [-0.1, -0.05) is 13.0 Å². The molecular weight excluding hydrogens is 324 g/mol. The third kappa shape index (κ3) is 5.72. The number of hydrogen-bond donors (Lipinski definition) is 3. The molecule has 0 bridgehead atoms. The molecule has 0 spiro atoms. The second-order valence-electron chi connectivity index (χ2n) is 5.04. The van der Waals surface area contributed by atoms with Crippen LogP contribution in [0.15, 0.2) is 30.5 Å². The Balaban J connectivity index is 1.81. The maximum absolute atomic E-state index is 11.9. The topological polar surface area (TPSA) is 118 Å². The monoisotopic (exact) mass is 344 g/mol. The lowest BCUT2D eigenvalue weighted by Crippen LogP contribution is -2.29. The number of anilines is 1. The van der Waals surface area contributed by atoms with E-state index in [9.17, 15) is 9.59 Å². The van der Waals surface area contributed by atoms with Crippen molar-refractivity contribution < 1.29 is 14.3 Å². The highest BCUT2D eigenvalue weighted by atomic mass is 16.5. The van der Waals surface area contributed by atoms with Crippen molar-refractivity contribution >= 4 is 17.8 Å². The van der Waals surface area contributed by atoms with Gasteiger partial charge in [-0.25, -0.2) is 9.78 Å². The molecule has 0 radical (unpaired) electrons. The molecule has 0 aromatic carbocycles. The van der Waals surface area contributed by atoms with Gasteiger partial charge >= 0.3 is 6.03 Å². The molecule has 132 valence electrons. The van der Waals surface area contributed by atoms with Crippen LogP contribution in [-0.4, -0.2) is 40.8 Å². The van der Waals surface area contributed by atoms with Gasteiger partial charge in [-0.15, -0.1) is 10.2 Å². The number of nitrogens with zero attached hydrogens (tertiary/aromatic N) is 3. The summed E-state index contributed by atoms with van der Waals surface area (Å²) in [7, 11) is 1.50. The third-order valence-corrected chi connectivity index (χ3v) is 3.07. The lowest BCUT2D eigenvalue weighted by Gasteiger charge is -2.08. The second-order valence-corrected chi connectivity index (χ2v) is 5.04. The van der Waals surface area contributed by atoms with Crippen LogP contribution in [0.2, 0.25) is 0 Å². The summed E-state index contributed by atoms with van der Waals surface area (Å²) in [6.45, 7) is 2.94. The molecule has 0 atom stereocenters. The highest BCUT2D eigenvalue weighted by molar-refractivity contribution is 5.92. The Morgan fingerprint density at radius 3 is 2.60 bits per heavy atom. The van der Waals surface area contributed by atoms with Gasteiger partial charge in [0, 0.05) is 25.9 Å². The van der Waals surface area contributed by atoms with Crippen LogP contribution in [0, 0.1) is 0 Å². The third-order valence-electron chi connectivity index (χ3n) is 3.07. The van der Waals surface area contributed by atoms with Gasteiger partial charge in [0.15, 0.2) is 11.5 Å². The van der Waals surface area contributed by atoms with Crippen molar-refractivity contribution in [1.82, 2.24) is 25.8 Å². The summed E-state index contributed by atoms with van der Waals surface area (Å²) in [6, 6.07) is 6.12. The average Bonchev–Trinajstić information content (AvgIpc) is 2.65. The van der Waals surface area contributed by atoms with E-state index < -0.39 is 6.03 Å². The lowest BCUT2D eigenvalue weighted by molar-refractivity contribution is 0.0957. The van der Waals surface area contributed by atoms with Gasteiger partial charge in [-0.3, -0.25) is 10.1 Å². The largest absolute Gasteiger partial charge is 0.478 e. The molecule has 9 heteroatoms. The normalized spacial score (nSPS) is 10.0. The van der Waals surface area contributed by atoms with Crippen molar-refractivity contribution in [1.29, 1.82) is 0 Å². The van der Waals surface area contributed by atoms with Crippen LogP contribution in [0.1, 0.15) is 29.4 Å². The van der Waals surface area contributed by atoms with Crippen molar-refractivity contribution in [3.05, 3.63) is 41.7 Å². The maximum Gasteiger partial charge on any atom is 0.320 e. The molecule has 9 nitrogen and oxygen atoms in total. The number of nitrogens with one attached hydrogen (secondary N) is 3. The predicted molar refractivity (Wildman–Crippen MR) is 91.3 cm³/mol. The number of hydrogen-bond acceptors (Lipinski definition) is 6. The number of aromatic nitrogens is 3. The first kappa shape index (κ1) is 18.1. The first-order valence-corrected chi connectivity index (χ1v) is 7.80. The summed E-state index contributed by atoms with van der Waals surface area (Å²) < 4.78 is 5.39. The van der Waals surface area contributed by atoms with E-state index >= 15 is 0 Å². The number of rotatable bonds is 7. The van der Waals surface area contributed by atoms with E-state index in [1.54, 1.807) is 12.3 Å². The van der Waals surface area contributed by atoms with Crippen LogP contribution >= 0.6 is 0 Å². The van der Waals surface area contributed by atoms with E-state index in [0.717, 1.165) is 12.0 Å². The zero-order chi connectivity index (χ0) is 18.1. The minimum absolute atomic E-state index is 0.171. The fraction of sp³-hybridized carbons (Fsp3) is 0.312. The fourth-order valence-electron chi connectivity index (χ4n) is 1.80. The summed E-state index contributed by atoms with van der Waals surface area (Å²) >= 11 is 0. The molecule has 0 aliphatic heterocycles. The summed E-state index contributed by atoms with van der Waals surface area (Å²) in [5.41, 5.74) is 1.00. The standard InChI is InChI=1S/C16H20N6O3/c1-3-8-25-14-7-4-11(9-18-14)10-19-16(24)20-13-6-5-12(21-22-13)15(23)17-2/h4-7,9H,3,8,10H2,1-2H3,(H,17,23)(H2,19,20,22,24). The first-order chi connectivity index (χ1) is 12.1. The van der Waals surface area contributed by atoms with E-state index in [2.05, 4.69) is 31.1 Å². The van der Waals surface area contributed by atoms with Crippen LogP contribution in [0.25, 0.3) is 0 Å². The van der Waals surface area contributed by atoms with Crippen molar-refractivity contribution in [2.45, 2.75) is 19.9 Å². The van der Waals surface area contributed by atoms with Crippen molar-refractivity contribution in [3.63, 3.8) is 0 Å². The van der Waals surface area contributed by atoms with E-state index in [1.807, 2.05) is 13.0 Å². The van der Waals surface area contributed by atoms with Crippen LogP contribution < -0.4 is 20.7 Å². The smallest absolute Gasteiger partial charge is 0.320 e. The van der Waals surface area contributed by atoms with Crippen LogP contribution in [0.5, 0.6) is 5.88 Å². The zero-order valence-corrected chi connectivity index (χ0v) is 14.1. The summed E-state index contributed by atoms with van der Waals surface area (Å²) in [5.74, 6) is 0.454. The van der Waals surface area contributed by atoms with Crippen LogP contribution in [0.4, 0.5) is 10.6 Å². The molecule has 2 rings (SSSR count). The van der Waals surface area contributed by atoms with Crippen LogP contribution in [-0.2, 0) is 6.54 Å². The number of urea groups is 1. The molecule has 0 unspecified atom stereocenters. The average molecular weight is 344 g/mol. The maximum atomic E-state index is 11.9. The number of carbonyl (C=O) groups excluding carboxylic acids is 2. The summed E-state index contributed by atoms with van der Waals surface area (Å²) in [6.07, 6.45) is 2.56. The molecule has 2 aromatic heterocycles. The number of pyridine rings is 1. The Morgan fingerprint density at radius 1 is 1.16 bits per heavy atom. The molecule has 0 aliphatic rings. The molecule has 2 heterocycles. The van der Waals surface area contributed by atoms with E-state index in [4.69, 9.17) is 4.74 Å². The van der Waals surface area contributed by atoms with Crippen molar-refractivity contribution in [2.24, 2.45) is 0 Å². The van der Waals surface area contributed by atoms with Gasteiger partial charge in [-0.2, -0.15) is 0 Å². The highest BCUT2D eigenvalue weighted by Crippen LogP contribution is 2.08. The van der Waals surface area contributed by atoms with E-state index in [1.165, 1.54) is 19.2 Å². The van der Waals surface area contributed by atoms with Gasteiger partial charge in [0.05, 0.1) is 6.61 Å². The first-order valence-electron chi connectivity index (χ1n) is 7.80. The van der Waals surface area contributed by atoms with Gasteiger partial charge in [0.25, 0.3) is 5.91 Å². The molecule has 2 aromatic rings. The molecule has 0 saturated carbocycles. The fourth-order valence-corrected chi connectivity index (χ4v) is 1.80. The van der Waals surface area contributed by atoms with Crippen molar-refractivity contribution in [3.8, 4) is 5.88 Å². The minimum Gasteiger partial charge on any atom is -0.478 e. The minimum atomic E-state index is -0.437. The van der Waals surface area contributed by atoms with Gasteiger partial charge in [-0.05, 0) is 24.1 Å². The van der Waals surface area contributed by atoms with E-state index in [0.29, 0.717) is 19.0 Å². The molecule has 3 N–H and O–H groups in total. The number of amides is 3. The second kappa shape index (κ2) is 9.16. The Bertz CT molecular complexity index is 703. The van der Waals surface area contributed by atoms with Gasteiger partial charge in [0.2, 0.25) is 5.88 Å².